The summed E-state index contributed by atoms with van der Waals surface area (Å²) in [6.07, 6.45) is 0.240. The Labute approximate surface area is 190 Å². The summed E-state index contributed by atoms with van der Waals surface area (Å²) in [5, 5.41) is 0.670. The van der Waals surface area contributed by atoms with E-state index in [1.807, 2.05) is 73.7 Å². The molecule has 1 aromatic heterocycles. The van der Waals surface area contributed by atoms with Gasteiger partial charge in [-0.25, -0.2) is 4.98 Å². The van der Waals surface area contributed by atoms with Crippen LogP contribution in [0.25, 0.3) is 10.2 Å². The summed E-state index contributed by atoms with van der Waals surface area (Å²) in [4.78, 5) is 20.0. The van der Waals surface area contributed by atoms with Crippen LogP contribution in [-0.4, -0.2) is 24.3 Å². The van der Waals surface area contributed by atoms with Crippen molar-refractivity contribution in [1.29, 1.82) is 0 Å². The molecule has 0 spiro atoms. The largest absolute Gasteiger partial charge is 0.494 e. The third kappa shape index (κ3) is 4.24. The highest BCUT2D eigenvalue weighted by molar-refractivity contribution is 7.22. The van der Waals surface area contributed by atoms with E-state index in [1.54, 1.807) is 4.90 Å². The molecule has 0 saturated heterocycles. The molecule has 1 aliphatic rings. The maximum Gasteiger partial charge on any atom is 0.233 e. The molecular formula is C25H22N2O4S. The lowest BCUT2D eigenvalue weighted by atomic mass is 10.1. The number of amides is 1. The van der Waals surface area contributed by atoms with Gasteiger partial charge in [0.1, 0.15) is 5.75 Å². The van der Waals surface area contributed by atoms with Crippen molar-refractivity contribution in [3.8, 4) is 17.2 Å². The lowest BCUT2D eigenvalue weighted by Gasteiger charge is -2.20. The minimum absolute atomic E-state index is 0.0307. The van der Waals surface area contributed by atoms with Gasteiger partial charge in [-0.15, -0.1) is 0 Å². The molecule has 4 aromatic rings. The molecular weight excluding hydrogens is 424 g/mol. The zero-order chi connectivity index (χ0) is 21.9. The van der Waals surface area contributed by atoms with Crippen molar-refractivity contribution in [2.75, 3.05) is 18.3 Å². The van der Waals surface area contributed by atoms with Gasteiger partial charge < -0.3 is 14.2 Å². The first-order valence-electron chi connectivity index (χ1n) is 10.5. The van der Waals surface area contributed by atoms with Crippen LogP contribution in [0.4, 0.5) is 5.13 Å². The maximum atomic E-state index is 13.5. The van der Waals surface area contributed by atoms with Gasteiger partial charge in [-0.2, -0.15) is 0 Å². The van der Waals surface area contributed by atoms with Crippen molar-refractivity contribution in [2.24, 2.45) is 0 Å². The number of thiazole rings is 1. The van der Waals surface area contributed by atoms with Gasteiger partial charge in [-0.3, -0.25) is 9.69 Å². The van der Waals surface area contributed by atoms with E-state index in [4.69, 9.17) is 19.2 Å². The molecule has 2 heterocycles. The van der Waals surface area contributed by atoms with Crippen LogP contribution in [0.15, 0.2) is 66.7 Å². The molecule has 0 atom stereocenters. The molecule has 3 aromatic carbocycles. The van der Waals surface area contributed by atoms with Gasteiger partial charge in [0.25, 0.3) is 0 Å². The van der Waals surface area contributed by atoms with Crippen LogP contribution in [0.5, 0.6) is 17.2 Å². The fourth-order valence-electron chi connectivity index (χ4n) is 3.61. The van der Waals surface area contributed by atoms with E-state index in [1.165, 1.54) is 11.3 Å². The van der Waals surface area contributed by atoms with Crippen molar-refractivity contribution < 1.29 is 19.0 Å². The maximum absolute atomic E-state index is 13.5. The monoisotopic (exact) mass is 446 g/mol. The molecule has 0 aliphatic carbocycles. The number of rotatable bonds is 7. The van der Waals surface area contributed by atoms with E-state index in [0.717, 1.165) is 27.1 Å². The van der Waals surface area contributed by atoms with Gasteiger partial charge in [0.2, 0.25) is 12.7 Å². The summed E-state index contributed by atoms with van der Waals surface area (Å²) in [5.41, 5.74) is 2.76. The average Bonchev–Trinajstić information content (AvgIpc) is 3.44. The molecule has 5 rings (SSSR count). The van der Waals surface area contributed by atoms with Gasteiger partial charge in [0.15, 0.2) is 16.6 Å². The Kier molecular flexibility index (Phi) is 5.64. The topological polar surface area (TPSA) is 60.9 Å². The molecule has 1 amide bonds. The summed E-state index contributed by atoms with van der Waals surface area (Å²) < 4.78 is 17.4. The number of anilines is 1. The van der Waals surface area contributed by atoms with Crippen molar-refractivity contribution in [1.82, 2.24) is 4.98 Å². The number of carbonyl (C=O) groups excluding carboxylic acids is 1. The van der Waals surface area contributed by atoms with Crippen molar-refractivity contribution in [3.05, 3.63) is 77.9 Å². The molecule has 0 fully saturated rings. The number of aromatic nitrogens is 1. The van der Waals surface area contributed by atoms with E-state index >= 15 is 0 Å². The second kappa shape index (κ2) is 8.88. The number of hydrogen-bond donors (Lipinski definition) is 0. The number of fused-ring (bicyclic) bond motifs is 2. The number of ether oxygens (including phenoxy) is 3. The molecule has 0 bridgehead atoms. The zero-order valence-electron chi connectivity index (χ0n) is 17.6. The molecule has 6 nitrogen and oxygen atoms in total. The van der Waals surface area contributed by atoms with Crippen LogP contribution in [0, 0.1) is 0 Å². The molecule has 162 valence electrons. The molecule has 0 radical (unpaired) electrons. The first kappa shape index (κ1) is 20.3. The third-order valence-corrected chi connectivity index (χ3v) is 6.21. The second-order valence-electron chi connectivity index (χ2n) is 7.39. The Morgan fingerprint density at radius 2 is 1.88 bits per heavy atom. The summed E-state index contributed by atoms with van der Waals surface area (Å²) in [7, 11) is 0. The fourth-order valence-corrected chi connectivity index (χ4v) is 4.62. The van der Waals surface area contributed by atoms with Crippen molar-refractivity contribution in [2.45, 2.75) is 19.9 Å². The molecule has 32 heavy (non-hydrogen) atoms. The lowest BCUT2D eigenvalue weighted by molar-refractivity contribution is -0.118. The Morgan fingerprint density at radius 3 is 2.72 bits per heavy atom. The van der Waals surface area contributed by atoms with Gasteiger partial charge in [0, 0.05) is 0 Å². The van der Waals surface area contributed by atoms with Crippen LogP contribution in [0.2, 0.25) is 0 Å². The van der Waals surface area contributed by atoms with E-state index in [0.29, 0.717) is 29.8 Å². The standard InChI is InChI=1S/C25H22N2O4S/c1-2-29-19-9-10-20-23(14-19)32-25(26-20)27(15-17-6-4-3-5-7-17)24(28)13-18-8-11-21-22(12-18)31-16-30-21/h3-12,14H,2,13,15-16H2,1H3. The summed E-state index contributed by atoms with van der Waals surface area (Å²) in [5.74, 6) is 2.15. The molecule has 7 heteroatoms. The van der Waals surface area contributed by atoms with Crippen molar-refractivity contribution >= 4 is 32.6 Å². The Hall–Kier alpha value is -3.58. The lowest BCUT2D eigenvalue weighted by Crippen LogP contribution is -2.31. The summed E-state index contributed by atoms with van der Waals surface area (Å²) in [6, 6.07) is 21.4. The van der Waals surface area contributed by atoms with Crippen LogP contribution < -0.4 is 19.1 Å². The Morgan fingerprint density at radius 1 is 1.03 bits per heavy atom. The van der Waals surface area contributed by atoms with Gasteiger partial charge in [-0.1, -0.05) is 47.7 Å². The number of carbonyl (C=O) groups is 1. The number of nitrogens with zero attached hydrogens (tertiary/aromatic N) is 2. The normalized spacial score (nSPS) is 12.2. The van der Waals surface area contributed by atoms with Gasteiger partial charge in [-0.05, 0) is 48.4 Å². The summed E-state index contributed by atoms with van der Waals surface area (Å²) in [6.45, 7) is 3.22. The predicted molar refractivity (Wildman–Crippen MR) is 125 cm³/mol. The van der Waals surface area contributed by atoms with E-state index in [9.17, 15) is 4.79 Å². The fraction of sp³-hybridized carbons (Fsp3) is 0.200. The number of benzene rings is 3. The smallest absolute Gasteiger partial charge is 0.233 e. The molecule has 1 aliphatic heterocycles. The Balaban J connectivity index is 1.46. The quantitative estimate of drug-likeness (QED) is 0.391. The first-order valence-corrected chi connectivity index (χ1v) is 11.3. The molecule has 0 unspecified atom stereocenters. The van der Waals surface area contributed by atoms with E-state index < -0.39 is 0 Å². The van der Waals surface area contributed by atoms with Crippen LogP contribution in [-0.2, 0) is 17.8 Å². The SMILES string of the molecule is CCOc1ccc2nc(N(Cc3ccccc3)C(=O)Cc3ccc4c(c3)OCO4)sc2c1. The minimum Gasteiger partial charge on any atom is -0.494 e. The summed E-state index contributed by atoms with van der Waals surface area (Å²) >= 11 is 1.49. The van der Waals surface area contributed by atoms with E-state index in [2.05, 4.69) is 0 Å². The first-order chi connectivity index (χ1) is 15.7. The van der Waals surface area contributed by atoms with Gasteiger partial charge in [0.05, 0.1) is 29.8 Å². The van der Waals surface area contributed by atoms with Crippen molar-refractivity contribution in [3.63, 3.8) is 0 Å². The molecule has 0 N–H and O–H groups in total. The molecule has 0 saturated carbocycles. The predicted octanol–water partition coefficient (Wildman–Crippen LogP) is 5.20. The third-order valence-electron chi connectivity index (χ3n) is 5.17. The van der Waals surface area contributed by atoms with Gasteiger partial charge >= 0.3 is 0 Å². The van der Waals surface area contributed by atoms with Crippen LogP contribution >= 0.6 is 11.3 Å². The highest BCUT2D eigenvalue weighted by Gasteiger charge is 2.22. The zero-order valence-corrected chi connectivity index (χ0v) is 18.4. The second-order valence-corrected chi connectivity index (χ2v) is 8.40. The van der Waals surface area contributed by atoms with Crippen LogP contribution in [0.1, 0.15) is 18.1 Å². The highest BCUT2D eigenvalue weighted by atomic mass is 32.1. The Bertz CT molecular complexity index is 1260. The average molecular weight is 447 g/mol. The minimum atomic E-state index is -0.0307. The number of hydrogen-bond acceptors (Lipinski definition) is 6. The highest BCUT2D eigenvalue weighted by Crippen LogP contribution is 2.34. The van der Waals surface area contributed by atoms with E-state index in [-0.39, 0.29) is 19.1 Å². The van der Waals surface area contributed by atoms with Crippen LogP contribution in [0.3, 0.4) is 0 Å².